The number of ether oxygens (including phenoxy) is 1. The molecule has 0 atom stereocenters. The molecule has 0 fully saturated rings. The van der Waals surface area contributed by atoms with Gasteiger partial charge in [0.1, 0.15) is 16.6 Å². The number of anilines is 1. The quantitative estimate of drug-likeness (QED) is 0.636. The highest BCUT2D eigenvalue weighted by Crippen LogP contribution is 2.15. The minimum atomic E-state index is -0.497. The largest absolute Gasteiger partial charge is 0.484 e. The molecule has 0 saturated carbocycles. The van der Waals surface area contributed by atoms with Crippen molar-refractivity contribution in [3.05, 3.63) is 69.9 Å². The van der Waals surface area contributed by atoms with Crippen LogP contribution in [0.2, 0.25) is 0 Å². The van der Waals surface area contributed by atoms with Gasteiger partial charge in [0.25, 0.3) is 11.8 Å². The molecule has 0 spiro atoms. The molecule has 0 aliphatic carbocycles. The zero-order valence-corrected chi connectivity index (χ0v) is 15.8. The van der Waals surface area contributed by atoms with Crippen molar-refractivity contribution in [3.8, 4) is 5.75 Å². The van der Waals surface area contributed by atoms with Crippen molar-refractivity contribution in [1.29, 1.82) is 0 Å². The van der Waals surface area contributed by atoms with Crippen LogP contribution in [0.4, 0.5) is 10.1 Å². The lowest BCUT2D eigenvalue weighted by molar-refractivity contribution is -0.123. The van der Waals surface area contributed by atoms with E-state index in [9.17, 15) is 14.0 Å². The lowest BCUT2D eigenvalue weighted by Gasteiger charge is -2.06. The number of rotatable bonds is 7. The van der Waals surface area contributed by atoms with Crippen molar-refractivity contribution in [3.63, 3.8) is 0 Å². The fraction of sp³-hybridized carbons (Fsp3) is 0.158. The van der Waals surface area contributed by atoms with Gasteiger partial charge in [0.15, 0.2) is 6.61 Å². The summed E-state index contributed by atoms with van der Waals surface area (Å²) in [5.74, 6) is -0.653. The van der Waals surface area contributed by atoms with E-state index in [-0.39, 0.29) is 24.1 Å². The van der Waals surface area contributed by atoms with Crippen LogP contribution < -0.4 is 15.4 Å². The van der Waals surface area contributed by atoms with Crippen molar-refractivity contribution < 1.29 is 18.7 Å². The lowest BCUT2D eigenvalue weighted by Crippen LogP contribution is -2.28. The molecule has 2 amide bonds. The first-order valence-electron chi connectivity index (χ1n) is 8.35. The molecule has 0 saturated heterocycles. The highest BCUT2D eigenvalue weighted by molar-refractivity contribution is 7.13. The molecule has 1 aromatic heterocycles. The van der Waals surface area contributed by atoms with Crippen LogP contribution in [0.25, 0.3) is 0 Å². The maximum atomic E-state index is 13.2. The minimum Gasteiger partial charge on any atom is -0.484 e. The number of aromatic nitrogens is 2. The fourth-order valence-corrected chi connectivity index (χ4v) is 2.92. The van der Waals surface area contributed by atoms with Gasteiger partial charge in [0.05, 0.1) is 6.54 Å². The molecule has 0 unspecified atom stereocenters. The fourth-order valence-electron chi connectivity index (χ4n) is 2.25. The molecule has 3 rings (SSSR count). The Morgan fingerprint density at radius 3 is 2.75 bits per heavy atom. The maximum Gasteiger partial charge on any atom is 0.286 e. The smallest absolute Gasteiger partial charge is 0.286 e. The van der Waals surface area contributed by atoms with Crippen molar-refractivity contribution >= 4 is 28.8 Å². The number of hydrogen-bond donors (Lipinski definition) is 2. The number of carbonyl (C=O) groups excluding carboxylic acids is 2. The zero-order chi connectivity index (χ0) is 19.9. The monoisotopic (exact) mass is 400 g/mol. The van der Waals surface area contributed by atoms with Crippen LogP contribution >= 0.6 is 11.3 Å². The number of nitrogens with zero attached hydrogens (tertiary/aromatic N) is 2. The first-order chi connectivity index (χ1) is 13.5. The predicted octanol–water partition coefficient (Wildman–Crippen LogP) is 2.93. The molecule has 28 heavy (non-hydrogen) atoms. The van der Waals surface area contributed by atoms with Crippen LogP contribution in [0.15, 0.2) is 48.5 Å². The Labute approximate surface area is 164 Å². The van der Waals surface area contributed by atoms with E-state index in [0.29, 0.717) is 16.4 Å². The van der Waals surface area contributed by atoms with Gasteiger partial charge in [-0.25, -0.2) is 4.39 Å². The van der Waals surface area contributed by atoms with Crippen LogP contribution in [0, 0.1) is 12.7 Å². The Morgan fingerprint density at radius 1 is 1.14 bits per heavy atom. The molecule has 7 nitrogen and oxygen atoms in total. The summed E-state index contributed by atoms with van der Waals surface area (Å²) in [5, 5.41) is 13.5. The molecule has 144 valence electrons. The second-order valence-electron chi connectivity index (χ2n) is 5.85. The molecule has 0 aliphatic rings. The highest BCUT2D eigenvalue weighted by Gasteiger charge is 2.14. The Balaban J connectivity index is 1.47. The van der Waals surface area contributed by atoms with Crippen LogP contribution in [0.1, 0.15) is 20.4 Å². The molecule has 2 aromatic carbocycles. The van der Waals surface area contributed by atoms with E-state index >= 15 is 0 Å². The molecule has 0 aliphatic heterocycles. The van der Waals surface area contributed by atoms with Crippen molar-refractivity contribution in [2.45, 2.75) is 13.5 Å². The topological polar surface area (TPSA) is 93.2 Å². The number of amides is 2. The van der Waals surface area contributed by atoms with E-state index in [1.54, 1.807) is 12.1 Å². The number of nitrogens with one attached hydrogen (secondary N) is 2. The molecular weight excluding hydrogens is 383 g/mol. The van der Waals surface area contributed by atoms with Gasteiger partial charge in [-0.2, -0.15) is 0 Å². The van der Waals surface area contributed by atoms with E-state index in [2.05, 4.69) is 20.8 Å². The van der Waals surface area contributed by atoms with Crippen LogP contribution in [-0.4, -0.2) is 28.6 Å². The first-order valence-corrected chi connectivity index (χ1v) is 9.17. The van der Waals surface area contributed by atoms with Crippen LogP contribution in [-0.2, 0) is 11.3 Å². The van der Waals surface area contributed by atoms with Gasteiger partial charge in [-0.1, -0.05) is 29.5 Å². The Kier molecular flexibility index (Phi) is 6.28. The second-order valence-corrected chi connectivity index (χ2v) is 6.91. The molecule has 9 heteroatoms. The SMILES string of the molecule is Cc1cccc(OCC(=O)NCc2nnc(C(=O)Nc3cccc(F)c3)s2)c1. The van der Waals surface area contributed by atoms with E-state index < -0.39 is 11.7 Å². The third-order valence-electron chi connectivity index (χ3n) is 3.54. The van der Waals surface area contributed by atoms with Crippen molar-refractivity contribution in [2.75, 3.05) is 11.9 Å². The minimum absolute atomic E-state index is 0.115. The maximum absolute atomic E-state index is 13.2. The predicted molar refractivity (Wildman–Crippen MR) is 103 cm³/mol. The Morgan fingerprint density at radius 2 is 1.96 bits per heavy atom. The number of hydrogen-bond acceptors (Lipinski definition) is 6. The van der Waals surface area contributed by atoms with Crippen LogP contribution in [0.3, 0.4) is 0 Å². The average Bonchev–Trinajstić information content (AvgIpc) is 3.14. The third kappa shape index (κ3) is 5.58. The third-order valence-corrected chi connectivity index (χ3v) is 4.46. The van der Waals surface area contributed by atoms with E-state index in [1.807, 2.05) is 25.1 Å². The second kappa shape index (κ2) is 9.05. The Hall–Kier alpha value is -3.33. The van der Waals surface area contributed by atoms with Gasteiger partial charge in [-0.05, 0) is 42.8 Å². The van der Waals surface area contributed by atoms with Gasteiger partial charge in [-0.15, -0.1) is 10.2 Å². The molecule has 1 heterocycles. The molecule has 3 aromatic rings. The summed E-state index contributed by atoms with van der Waals surface area (Å²) in [4.78, 5) is 24.0. The number of aryl methyl sites for hydroxylation is 1. The van der Waals surface area contributed by atoms with Gasteiger partial charge in [0, 0.05) is 5.69 Å². The Bertz CT molecular complexity index is 993. The number of benzene rings is 2. The summed E-state index contributed by atoms with van der Waals surface area (Å²) >= 11 is 1.04. The summed E-state index contributed by atoms with van der Waals surface area (Å²) in [7, 11) is 0. The van der Waals surface area contributed by atoms with E-state index in [1.165, 1.54) is 18.2 Å². The molecular formula is C19H17FN4O3S. The standard InChI is InChI=1S/C19H17FN4O3S/c1-12-4-2-7-15(8-12)27-11-16(25)21-10-17-23-24-19(28-17)18(26)22-14-6-3-5-13(20)9-14/h2-9H,10-11H2,1H3,(H,21,25)(H,22,26). The van der Waals surface area contributed by atoms with Gasteiger partial charge in [0.2, 0.25) is 5.01 Å². The molecule has 0 bridgehead atoms. The van der Waals surface area contributed by atoms with E-state index in [0.717, 1.165) is 16.9 Å². The van der Waals surface area contributed by atoms with Gasteiger partial charge >= 0.3 is 0 Å². The average molecular weight is 400 g/mol. The van der Waals surface area contributed by atoms with Crippen LogP contribution in [0.5, 0.6) is 5.75 Å². The highest BCUT2D eigenvalue weighted by atomic mass is 32.1. The summed E-state index contributed by atoms with van der Waals surface area (Å²) in [6.07, 6.45) is 0. The first kappa shape index (κ1) is 19.4. The summed E-state index contributed by atoms with van der Waals surface area (Å²) in [5.41, 5.74) is 1.36. The van der Waals surface area contributed by atoms with E-state index in [4.69, 9.17) is 4.74 Å². The van der Waals surface area contributed by atoms with Gasteiger partial charge in [-0.3, -0.25) is 9.59 Å². The van der Waals surface area contributed by atoms with Gasteiger partial charge < -0.3 is 15.4 Å². The lowest BCUT2D eigenvalue weighted by atomic mass is 10.2. The normalized spacial score (nSPS) is 10.4. The summed E-state index contributed by atoms with van der Waals surface area (Å²) in [6, 6.07) is 12.9. The van der Waals surface area contributed by atoms with Crippen molar-refractivity contribution in [1.82, 2.24) is 15.5 Å². The number of halogens is 1. The number of carbonyl (C=O) groups is 2. The summed E-state index contributed by atoms with van der Waals surface area (Å²) in [6.45, 7) is 1.93. The van der Waals surface area contributed by atoms with Crippen molar-refractivity contribution in [2.24, 2.45) is 0 Å². The zero-order valence-electron chi connectivity index (χ0n) is 14.9. The summed E-state index contributed by atoms with van der Waals surface area (Å²) < 4.78 is 18.6. The molecule has 0 radical (unpaired) electrons. The molecule has 2 N–H and O–H groups in total.